The summed E-state index contributed by atoms with van der Waals surface area (Å²) in [4.78, 5) is 23.8. The van der Waals surface area contributed by atoms with Crippen LogP contribution in [0, 0.1) is 6.92 Å². The van der Waals surface area contributed by atoms with Crippen molar-refractivity contribution in [2.24, 2.45) is 0 Å². The van der Waals surface area contributed by atoms with Crippen molar-refractivity contribution in [2.75, 3.05) is 14.2 Å². The number of carbonyl (C=O) groups excluding carboxylic acids is 1. The fourth-order valence-corrected chi connectivity index (χ4v) is 5.69. The molecule has 0 unspecified atom stereocenters. The first-order valence-electron chi connectivity index (χ1n) is 14.8. The van der Waals surface area contributed by atoms with Crippen molar-refractivity contribution < 1.29 is 28.9 Å². The lowest BCUT2D eigenvalue weighted by Gasteiger charge is -2.07. The fourth-order valence-electron chi connectivity index (χ4n) is 5.14. The quantitative estimate of drug-likeness (QED) is 0.111. The minimum atomic E-state index is -1.08. The SMILES string of the molecule is COc1ccc(-c2cc3c(C(=O)O)n[nH]c3cc2Cl)cc1.COc1ccc(-c2cc3c(C(=O)Oc4ccc(C)cc4)n[nH]c3cc2Cl)cc1. The number of halogens is 2. The van der Waals surface area contributed by atoms with E-state index < -0.39 is 11.9 Å². The molecule has 0 spiro atoms. The average molecular weight is 696 g/mol. The second-order valence-electron chi connectivity index (χ2n) is 10.9. The molecule has 246 valence electrons. The second-order valence-corrected chi connectivity index (χ2v) is 11.7. The van der Waals surface area contributed by atoms with E-state index in [1.165, 1.54) is 0 Å². The maximum atomic E-state index is 12.6. The number of aryl methyl sites for hydroxylation is 1. The molecule has 0 bridgehead atoms. The molecule has 12 heteroatoms. The summed E-state index contributed by atoms with van der Waals surface area (Å²) in [6.07, 6.45) is 0. The van der Waals surface area contributed by atoms with Gasteiger partial charge in [-0.2, -0.15) is 10.2 Å². The number of ether oxygens (including phenoxy) is 3. The molecule has 0 atom stereocenters. The van der Waals surface area contributed by atoms with Crippen molar-refractivity contribution in [3.05, 3.63) is 124 Å². The van der Waals surface area contributed by atoms with Crippen molar-refractivity contribution in [1.82, 2.24) is 20.4 Å². The van der Waals surface area contributed by atoms with Crippen molar-refractivity contribution in [1.29, 1.82) is 0 Å². The Hall–Kier alpha value is -5.84. The molecule has 7 rings (SSSR count). The van der Waals surface area contributed by atoms with Gasteiger partial charge < -0.3 is 19.3 Å². The number of benzene rings is 5. The number of nitrogens with one attached hydrogen (secondary N) is 2. The van der Waals surface area contributed by atoms with E-state index in [1.807, 2.05) is 73.7 Å². The first-order chi connectivity index (χ1) is 23.6. The van der Waals surface area contributed by atoms with Gasteiger partial charge in [-0.05, 0) is 78.7 Å². The molecule has 49 heavy (non-hydrogen) atoms. The molecule has 0 aliphatic carbocycles. The molecule has 0 amide bonds. The van der Waals surface area contributed by atoms with E-state index in [0.717, 1.165) is 39.3 Å². The van der Waals surface area contributed by atoms with Gasteiger partial charge in [0.15, 0.2) is 11.4 Å². The van der Waals surface area contributed by atoms with E-state index in [-0.39, 0.29) is 11.4 Å². The standard InChI is InChI=1S/C22H17ClN2O3.C15H11ClN2O3/c1-13-3-7-16(8-4-13)28-22(26)21-18-11-17(19(23)12-20(18)24-25-21)14-5-9-15(27-2)10-6-14;1-21-9-4-2-8(3-5-9)10-6-11-13(7-12(10)16)17-18-14(11)15(19)20/h3-12H,1-2H3,(H,24,25);2-7H,1H3,(H,17,18)(H,19,20). The zero-order valence-electron chi connectivity index (χ0n) is 26.4. The van der Waals surface area contributed by atoms with Crippen molar-refractivity contribution in [3.63, 3.8) is 0 Å². The van der Waals surface area contributed by atoms with Gasteiger partial charge in [-0.1, -0.05) is 65.2 Å². The van der Waals surface area contributed by atoms with Crippen LogP contribution in [-0.2, 0) is 0 Å². The summed E-state index contributed by atoms with van der Waals surface area (Å²) in [5, 5.41) is 24.8. The van der Waals surface area contributed by atoms with Crippen LogP contribution in [0.4, 0.5) is 0 Å². The van der Waals surface area contributed by atoms with Gasteiger partial charge >= 0.3 is 11.9 Å². The summed E-state index contributed by atoms with van der Waals surface area (Å²) in [5.41, 5.74) is 5.86. The Morgan fingerprint density at radius 3 is 1.51 bits per heavy atom. The van der Waals surface area contributed by atoms with Crippen LogP contribution in [0.2, 0.25) is 10.0 Å². The number of hydrogen-bond donors (Lipinski definition) is 3. The molecule has 5 aromatic carbocycles. The second kappa shape index (κ2) is 14.1. The Kier molecular flexibility index (Phi) is 9.52. The molecule has 0 aliphatic rings. The van der Waals surface area contributed by atoms with Crippen LogP contribution in [0.5, 0.6) is 17.2 Å². The number of H-pyrrole nitrogens is 2. The van der Waals surface area contributed by atoms with Crippen molar-refractivity contribution >= 4 is 56.9 Å². The minimum Gasteiger partial charge on any atom is -0.497 e. The van der Waals surface area contributed by atoms with E-state index in [9.17, 15) is 9.59 Å². The van der Waals surface area contributed by atoms with E-state index in [0.29, 0.717) is 37.6 Å². The summed E-state index contributed by atoms with van der Waals surface area (Å²) < 4.78 is 15.8. The third-order valence-corrected chi connectivity index (χ3v) is 8.36. The molecule has 0 fully saturated rings. The summed E-state index contributed by atoms with van der Waals surface area (Å²) in [7, 11) is 3.21. The number of carboxylic acids is 1. The third kappa shape index (κ3) is 7.06. The number of aromatic carboxylic acids is 1. The highest BCUT2D eigenvalue weighted by molar-refractivity contribution is 6.34. The molecular weight excluding hydrogens is 667 g/mol. The maximum Gasteiger partial charge on any atom is 0.364 e. The number of aromatic amines is 2. The molecule has 3 N–H and O–H groups in total. The van der Waals surface area contributed by atoms with Gasteiger partial charge in [0, 0.05) is 21.9 Å². The lowest BCUT2D eigenvalue weighted by atomic mass is 10.0. The molecule has 10 nitrogen and oxygen atoms in total. The first-order valence-corrected chi connectivity index (χ1v) is 15.6. The van der Waals surface area contributed by atoms with E-state index in [4.69, 9.17) is 42.5 Å². The number of hydrogen-bond acceptors (Lipinski definition) is 7. The highest BCUT2D eigenvalue weighted by Gasteiger charge is 2.19. The molecule has 0 radical (unpaired) electrons. The van der Waals surface area contributed by atoms with Gasteiger partial charge in [-0.15, -0.1) is 0 Å². The number of fused-ring (bicyclic) bond motifs is 2. The van der Waals surface area contributed by atoms with E-state index >= 15 is 0 Å². The van der Waals surface area contributed by atoms with Crippen LogP contribution in [-0.4, -0.2) is 51.7 Å². The normalized spacial score (nSPS) is 10.8. The minimum absolute atomic E-state index is 0.0172. The lowest BCUT2D eigenvalue weighted by Crippen LogP contribution is -2.09. The van der Waals surface area contributed by atoms with Gasteiger partial charge in [0.25, 0.3) is 0 Å². The van der Waals surface area contributed by atoms with Crippen LogP contribution in [0.1, 0.15) is 26.5 Å². The lowest BCUT2D eigenvalue weighted by molar-refractivity contribution is 0.0690. The van der Waals surface area contributed by atoms with Crippen molar-refractivity contribution in [3.8, 4) is 39.5 Å². The summed E-state index contributed by atoms with van der Waals surface area (Å²) in [5.74, 6) is 0.357. The number of nitrogens with zero attached hydrogens (tertiary/aromatic N) is 2. The molecule has 0 saturated heterocycles. The Morgan fingerprint density at radius 2 is 1.06 bits per heavy atom. The predicted molar refractivity (Wildman–Crippen MR) is 189 cm³/mol. The van der Waals surface area contributed by atoms with Gasteiger partial charge in [-0.3, -0.25) is 10.2 Å². The Morgan fingerprint density at radius 1 is 0.633 bits per heavy atom. The van der Waals surface area contributed by atoms with E-state index in [1.54, 1.807) is 44.6 Å². The van der Waals surface area contributed by atoms with Crippen LogP contribution >= 0.6 is 23.2 Å². The van der Waals surface area contributed by atoms with Gasteiger partial charge in [-0.25, -0.2) is 9.59 Å². The number of carboxylic acid groups (broad SMARTS) is 1. The van der Waals surface area contributed by atoms with Gasteiger partial charge in [0.2, 0.25) is 0 Å². The highest BCUT2D eigenvalue weighted by atomic mass is 35.5. The van der Waals surface area contributed by atoms with E-state index in [2.05, 4.69) is 20.4 Å². The third-order valence-electron chi connectivity index (χ3n) is 7.73. The van der Waals surface area contributed by atoms with Gasteiger partial charge in [0.1, 0.15) is 17.2 Å². The first kappa shape index (κ1) is 33.1. The van der Waals surface area contributed by atoms with Crippen LogP contribution in [0.3, 0.4) is 0 Å². The number of esters is 1. The smallest absolute Gasteiger partial charge is 0.364 e. The zero-order chi connectivity index (χ0) is 34.7. The summed E-state index contributed by atoms with van der Waals surface area (Å²) in [6, 6.07) is 29.2. The van der Waals surface area contributed by atoms with Gasteiger partial charge in [0.05, 0.1) is 35.3 Å². The Balaban J connectivity index is 0.000000177. The Labute approximate surface area is 290 Å². The number of methoxy groups -OCH3 is 2. The molecular formula is C37H28Cl2N4O6. The van der Waals surface area contributed by atoms with Crippen LogP contribution in [0.15, 0.2) is 97.1 Å². The van der Waals surface area contributed by atoms with Crippen LogP contribution in [0.25, 0.3) is 44.1 Å². The maximum absolute atomic E-state index is 12.6. The molecule has 2 heterocycles. The molecule has 2 aromatic heterocycles. The number of carbonyl (C=O) groups is 2. The summed E-state index contributed by atoms with van der Waals surface area (Å²) >= 11 is 12.7. The number of rotatable bonds is 7. The monoisotopic (exact) mass is 694 g/mol. The summed E-state index contributed by atoms with van der Waals surface area (Å²) in [6.45, 7) is 1.97. The number of aromatic nitrogens is 4. The topological polar surface area (TPSA) is 139 Å². The van der Waals surface area contributed by atoms with Crippen LogP contribution < -0.4 is 14.2 Å². The molecule has 0 aliphatic heterocycles. The molecule has 7 aromatic rings. The molecule has 0 saturated carbocycles. The predicted octanol–water partition coefficient (Wildman–Crippen LogP) is 9.01. The highest BCUT2D eigenvalue weighted by Crippen LogP contribution is 2.35. The fraction of sp³-hybridized carbons (Fsp3) is 0.0811. The van der Waals surface area contributed by atoms with Crippen molar-refractivity contribution in [2.45, 2.75) is 6.92 Å². The Bertz CT molecular complexity index is 2300. The zero-order valence-corrected chi connectivity index (χ0v) is 27.9. The largest absolute Gasteiger partial charge is 0.497 e. The average Bonchev–Trinajstić information content (AvgIpc) is 3.72.